The van der Waals surface area contributed by atoms with E-state index in [9.17, 15) is 4.39 Å². The Hall–Kier alpha value is -1.09. The normalized spacial score (nSPS) is 23.9. The van der Waals surface area contributed by atoms with E-state index in [-0.39, 0.29) is 11.9 Å². The van der Waals surface area contributed by atoms with Gasteiger partial charge < -0.3 is 10.5 Å². The van der Waals surface area contributed by atoms with Crippen molar-refractivity contribution in [2.75, 3.05) is 0 Å². The van der Waals surface area contributed by atoms with Crippen LogP contribution in [0.1, 0.15) is 44.6 Å². The number of rotatable bonds is 4. The monoisotopic (exact) mass is 251 g/mol. The molecular formula is C15H22FNO. The van der Waals surface area contributed by atoms with Gasteiger partial charge in [-0.2, -0.15) is 0 Å². The maximum absolute atomic E-state index is 13.1. The second-order valence-corrected chi connectivity index (χ2v) is 5.14. The van der Waals surface area contributed by atoms with Crippen molar-refractivity contribution in [1.29, 1.82) is 0 Å². The summed E-state index contributed by atoms with van der Waals surface area (Å²) in [5.74, 6) is 1.27. The summed E-state index contributed by atoms with van der Waals surface area (Å²) in [7, 11) is 0. The first-order valence-corrected chi connectivity index (χ1v) is 6.88. The summed E-state index contributed by atoms with van der Waals surface area (Å²) in [4.78, 5) is 0. The lowest BCUT2D eigenvalue weighted by Gasteiger charge is -2.29. The van der Waals surface area contributed by atoms with E-state index in [1.165, 1.54) is 31.4 Å². The zero-order valence-electron chi connectivity index (χ0n) is 11.0. The van der Waals surface area contributed by atoms with Gasteiger partial charge in [0.15, 0.2) is 0 Å². The summed E-state index contributed by atoms with van der Waals surface area (Å²) in [6.45, 7) is 2.55. The van der Waals surface area contributed by atoms with E-state index < -0.39 is 0 Å². The molecule has 0 saturated heterocycles. The van der Waals surface area contributed by atoms with Crippen LogP contribution in [0, 0.1) is 11.7 Å². The Balaban J connectivity index is 2.04. The molecule has 3 heteroatoms. The quantitative estimate of drug-likeness (QED) is 0.886. The van der Waals surface area contributed by atoms with Crippen molar-refractivity contribution in [2.45, 2.75) is 51.7 Å². The molecule has 0 aromatic heterocycles. The van der Waals surface area contributed by atoms with Crippen molar-refractivity contribution in [3.63, 3.8) is 0 Å². The molecule has 2 atom stereocenters. The lowest BCUT2D eigenvalue weighted by atomic mass is 9.85. The highest BCUT2D eigenvalue weighted by Crippen LogP contribution is 2.30. The molecule has 2 N–H and O–H groups in total. The van der Waals surface area contributed by atoms with Crippen molar-refractivity contribution >= 4 is 0 Å². The van der Waals surface area contributed by atoms with Crippen LogP contribution in [0.25, 0.3) is 0 Å². The maximum atomic E-state index is 13.1. The van der Waals surface area contributed by atoms with Crippen LogP contribution in [0.5, 0.6) is 5.75 Å². The third-order valence-corrected chi connectivity index (χ3v) is 3.85. The highest BCUT2D eigenvalue weighted by Gasteiger charge is 2.22. The first-order valence-electron chi connectivity index (χ1n) is 6.88. The molecule has 0 radical (unpaired) electrons. The van der Waals surface area contributed by atoms with Crippen LogP contribution < -0.4 is 10.5 Å². The molecule has 0 heterocycles. The van der Waals surface area contributed by atoms with Gasteiger partial charge in [-0.25, -0.2) is 4.39 Å². The molecule has 1 aromatic rings. The average molecular weight is 251 g/mol. The Morgan fingerprint density at radius 3 is 2.94 bits per heavy atom. The van der Waals surface area contributed by atoms with Gasteiger partial charge in [0.2, 0.25) is 0 Å². The SMILES string of the molecule is CCC1CCCC(Oc2ccc(F)cc2CN)C1. The molecule has 18 heavy (non-hydrogen) atoms. The van der Waals surface area contributed by atoms with Crippen LogP contribution in [0.2, 0.25) is 0 Å². The van der Waals surface area contributed by atoms with Gasteiger partial charge in [0.05, 0.1) is 6.10 Å². The highest BCUT2D eigenvalue weighted by molar-refractivity contribution is 5.34. The number of halogens is 1. The Bertz CT molecular complexity index is 394. The van der Waals surface area contributed by atoms with Crippen LogP contribution in [-0.2, 0) is 6.54 Å². The fraction of sp³-hybridized carbons (Fsp3) is 0.600. The van der Waals surface area contributed by atoms with Crippen molar-refractivity contribution in [2.24, 2.45) is 11.7 Å². The van der Waals surface area contributed by atoms with E-state index in [4.69, 9.17) is 10.5 Å². The summed E-state index contributed by atoms with van der Waals surface area (Å²) < 4.78 is 19.1. The van der Waals surface area contributed by atoms with Gasteiger partial charge in [-0.05, 0) is 43.4 Å². The second kappa shape index (κ2) is 6.19. The van der Waals surface area contributed by atoms with Gasteiger partial charge in [-0.15, -0.1) is 0 Å². The third kappa shape index (κ3) is 3.22. The number of hydrogen-bond donors (Lipinski definition) is 1. The summed E-state index contributed by atoms with van der Waals surface area (Å²) in [6.07, 6.45) is 6.22. The van der Waals surface area contributed by atoms with E-state index >= 15 is 0 Å². The zero-order chi connectivity index (χ0) is 13.0. The van der Waals surface area contributed by atoms with Crippen molar-refractivity contribution in [1.82, 2.24) is 0 Å². The van der Waals surface area contributed by atoms with Gasteiger partial charge in [0.1, 0.15) is 11.6 Å². The first kappa shape index (κ1) is 13.3. The van der Waals surface area contributed by atoms with Crippen molar-refractivity contribution < 1.29 is 9.13 Å². The zero-order valence-corrected chi connectivity index (χ0v) is 11.0. The van der Waals surface area contributed by atoms with Crippen LogP contribution in [-0.4, -0.2) is 6.10 Å². The van der Waals surface area contributed by atoms with Crippen LogP contribution in [0.4, 0.5) is 4.39 Å². The Morgan fingerprint density at radius 2 is 2.22 bits per heavy atom. The molecule has 1 fully saturated rings. The Labute approximate surface area is 108 Å². The molecule has 0 aliphatic heterocycles. The summed E-state index contributed by atoms with van der Waals surface area (Å²) >= 11 is 0. The van der Waals surface area contributed by atoms with E-state index in [0.29, 0.717) is 6.54 Å². The number of benzene rings is 1. The standard InChI is InChI=1S/C15H22FNO/c1-2-11-4-3-5-14(8-11)18-15-7-6-13(16)9-12(15)10-17/h6-7,9,11,14H,2-5,8,10,17H2,1H3. The van der Waals surface area contributed by atoms with Gasteiger partial charge >= 0.3 is 0 Å². The topological polar surface area (TPSA) is 35.2 Å². The average Bonchev–Trinajstić information content (AvgIpc) is 2.41. The highest BCUT2D eigenvalue weighted by atomic mass is 19.1. The number of hydrogen-bond acceptors (Lipinski definition) is 2. The smallest absolute Gasteiger partial charge is 0.124 e. The largest absolute Gasteiger partial charge is 0.490 e. The van der Waals surface area contributed by atoms with Gasteiger partial charge in [-0.1, -0.05) is 19.8 Å². The van der Waals surface area contributed by atoms with Gasteiger partial charge in [0.25, 0.3) is 0 Å². The molecule has 1 saturated carbocycles. The summed E-state index contributed by atoms with van der Waals surface area (Å²) in [5.41, 5.74) is 6.39. The third-order valence-electron chi connectivity index (χ3n) is 3.85. The molecule has 1 aromatic carbocycles. The minimum atomic E-state index is -0.252. The maximum Gasteiger partial charge on any atom is 0.124 e. The number of nitrogens with two attached hydrogens (primary N) is 1. The van der Waals surface area contributed by atoms with E-state index in [1.807, 2.05) is 0 Å². The fourth-order valence-electron chi connectivity index (χ4n) is 2.72. The minimum absolute atomic E-state index is 0.252. The van der Waals surface area contributed by atoms with Crippen LogP contribution in [0.3, 0.4) is 0 Å². The minimum Gasteiger partial charge on any atom is -0.490 e. The predicted molar refractivity (Wildman–Crippen MR) is 71.0 cm³/mol. The molecule has 1 aliphatic rings. The van der Waals surface area contributed by atoms with Crippen LogP contribution >= 0.6 is 0 Å². The second-order valence-electron chi connectivity index (χ2n) is 5.14. The molecular weight excluding hydrogens is 229 g/mol. The van der Waals surface area contributed by atoms with Gasteiger partial charge in [0, 0.05) is 12.1 Å². The lowest BCUT2D eigenvalue weighted by Crippen LogP contribution is -2.25. The summed E-state index contributed by atoms with van der Waals surface area (Å²) in [5, 5.41) is 0. The molecule has 0 bridgehead atoms. The fourth-order valence-corrected chi connectivity index (χ4v) is 2.72. The lowest BCUT2D eigenvalue weighted by molar-refractivity contribution is 0.121. The van der Waals surface area contributed by atoms with E-state index in [0.717, 1.165) is 30.1 Å². The molecule has 0 spiro atoms. The van der Waals surface area contributed by atoms with Crippen LogP contribution in [0.15, 0.2) is 18.2 Å². The van der Waals surface area contributed by atoms with E-state index in [2.05, 4.69) is 6.92 Å². The van der Waals surface area contributed by atoms with Gasteiger partial charge in [-0.3, -0.25) is 0 Å². The predicted octanol–water partition coefficient (Wildman–Crippen LogP) is 3.63. The molecule has 100 valence electrons. The number of ether oxygens (including phenoxy) is 1. The molecule has 2 unspecified atom stereocenters. The molecule has 2 nitrogen and oxygen atoms in total. The Morgan fingerprint density at radius 1 is 1.39 bits per heavy atom. The van der Waals surface area contributed by atoms with Crippen molar-refractivity contribution in [3.05, 3.63) is 29.6 Å². The molecule has 1 aliphatic carbocycles. The molecule has 0 amide bonds. The van der Waals surface area contributed by atoms with E-state index in [1.54, 1.807) is 6.07 Å². The summed E-state index contributed by atoms with van der Waals surface area (Å²) in [6, 6.07) is 4.61. The van der Waals surface area contributed by atoms with Crippen molar-refractivity contribution in [3.8, 4) is 5.75 Å². The molecule has 2 rings (SSSR count). The first-order chi connectivity index (χ1) is 8.72. The Kier molecular flexibility index (Phi) is 4.59.